The van der Waals surface area contributed by atoms with Gasteiger partial charge in [-0.05, 0) is 42.5 Å². The second-order valence-corrected chi connectivity index (χ2v) is 6.67. The summed E-state index contributed by atoms with van der Waals surface area (Å²) in [4.78, 5) is 31.6. The van der Waals surface area contributed by atoms with Gasteiger partial charge in [-0.25, -0.2) is 13.8 Å². The highest BCUT2D eigenvalue weighted by Crippen LogP contribution is 2.31. The molecule has 1 atom stereocenters. The number of nitrogens with two attached hydrogens (primary N) is 1. The molecular weight excluding hydrogens is 406 g/mol. The summed E-state index contributed by atoms with van der Waals surface area (Å²) >= 11 is 0. The maximum absolute atomic E-state index is 14.8. The Kier molecular flexibility index (Phi) is 5.31. The third kappa shape index (κ3) is 4.20. The summed E-state index contributed by atoms with van der Waals surface area (Å²) < 4.78 is 33.6. The number of nitrogens with one attached hydrogen (secondary N) is 2. The predicted octanol–water partition coefficient (Wildman–Crippen LogP) is 3.84. The van der Waals surface area contributed by atoms with Gasteiger partial charge in [0, 0.05) is 29.7 Å². The number of benzene rings is 2. The largest absolute Gasteiger partial charge is 0.456 e. The molecule has 2 heterocycles. The van der Waals surface area contributed by atoms with E-state index in [9.17, 15) is 18.4 Å². The second kappa shape index (κ2) is 8.23. The number of hydrogen-bond acceptors (Lipinski definition) is 4. The van der Waals surface area contributed by atoms with Gasteiger partial charge < -0.3 is 20.8 Å². The molecule has 9 heteroatoms. The Morgan fingerprint density at radius 1 is 1.06 bits per heavy atom. The van der Waals surface area contributed by atoms with Gasteiger partial charge in [0.2, 0.25) is 11.8 Å². The van der Waals surface area contributed by atoms with Crippen LogP contribution in [0.25, 0.3) is 11.0 Å². The monoisotopic (exact) mass is 422 g/mol. The molecule has 4 rings (SSSR count). The lowest BCUT2D eigenvalue weighted by Crippen LogP contribution is -2.33. The van der Waals surface area contributed by atoms with Gasteiger partial charge in [-0.1, -0.05) is 6.07 Å². The molecule has 0 aliphatic rings. The van der Waals surface area contributed by atoms with Crippen LogP contribution in [0.15, 0.2) is 67.0 Å². The maximum Gasteiger partial charge on any atom is 0.241 e. The SMILES string of the molecule is NC(=O)C(C(=O)Nc1ccc(F)cc1)c1ccc(Oc2ccnc3[nH]ccc23)cc1F. The Balaban J connectivity index is 1.58. The van der Waals surface area contributed by atoms with Crippen LogP contribution in [0.1, 0.15) is 11.5 Å². The zero-order valence-electron chi connectivity index (χ0n) is 15.9. The molecule has 0 bridgehead atoms. The molecular formula is C22H16F2N4O3. The fourth-order valence-corrected chi connectivity index (χ4v) is 3.13. The first kappa shape index (κ1) is 20.0. The Morgan fingerprint density at radius 2 is 1.84 bits per heavy atom. The van der Waals surface area contributed by atoms with Crippen molar-refractivity contribution in [3.8, 4) is 11.5 Å². The third-order valence-corrected chi connectivity index (χ3v) is 4.59. The lowest BCUT2D eigenvalue weighted by Gasteiger charge is -2.16. The van der Waals surface area contributed by atoms with Crippen LogP contribution in [-0.2, 0) is 9.59 Å². The molecule has 2 aromatic heterocycles. The van der Waals surface area contributed by atoms with E-state index in [1.54, 1.807) is 24.5 Å². The molecule has 0 aliphatic carbocycles. The number of halogens is 2. The number of aromatic amines is 1. The molecule has 0 aliphatic heterocycles. The van der Waals surface area contributed by atoms with E-state index >= 15 is 0 Å². The van der Waals surface area contributed by atoms with Crippen molar-refractivity contribution in [3.63, 3.8) is 0 Å². The molecule has 4 aromatic rings. The van der Waals surface area contributed by atoms with Crippen molar-refractivity contribution in [1.29, 1.82) is 0 Å². The molecule has 1 unspecified atom stereocenters. The van der Waals surface area contributed by atoms with E-state index in [4.69, 9.17) is 10.5 Å². The van der Waals surface area contributed by atoms with E-state index in [-0.39, 0.29) is 17.0 Å². The zero-order chi connectivity index (χ0) is 22.0. The van der Waals surface area contributed by atoms with Crippen LogP contribution >= 0.6 is 0 Å². The normalized spacial score (nSPS) is 11.8. The summed E-state index contributed by atoms with van der Waals surface area (Å²) in [6.45, 7) is 0. The van der Waals surface area contributed by atoms with Gasteiger partial charge in [0.15, 0.2) is 0 Å². The Bertz CT molecular complexity index is 1270. The van der Waals surface area contributed by atoms with Crippen molar-refractivity contribution in [2.75, 3.05) is 5.32 Å². The van der Waals surface area contributed by atoms with Gasteiger partial charge in [-0.2, -0.15) is 0 Å². The number of anilines is 1. The average Bonchev–Trinajstić information content (AvgIpc) is 3.21. The van der Waals surface area contributed by atoms with Crippen molar-refractivity contribution in [2.24, 2.45) is 5.73 Å². The van der Waals surface area contributed by atoms with Crippen LogP contribution in [0.4, 0.5) is 14.5 Å². The van der Waals surface area contributed by atoms with Crippen LogP contribution in [0.5, 0.6) is 11.5 Å². The van der Waals surface area contributed by atoms with E-state index in [1.165, 1.54) is 24.3 Å². The van der Waals surface area contributed by atoms with E-state index in [1.807, 2.05) is 0 Å². The Morgan fingerprint density at radius 3 is 2.55 bits per heavy atom. The fourth-order valence-electron chi connectivity index (χ4n) is 3.13. The quantitative estimate of drug-likeness (QED) is 0.410. The maximum atomic E-state index is 14.8. The summed E-state index contributed by atoms with van der Waals surface area (Å²) in [5.41, 5.74) is 6.01. The molecule has 4 N–H and O–H groups in total. The molecule has 2 amide bonds. The summed E-state index contributed by atoms with van der Waals surface area (Å²) in [7, 11) is 0. The molecule has 7 nitrogen and oxygen atoms in total. The number of carbonyl (C=O) groups excluding carboxylic acids is 2. The van der Waals surface area contributed by atoms with Crippen molar-refractivity contribution < 1.29 is 23.1 Å². The fraction of sp³-hybridized carbons (Fsp3) is 0.0455. The first-order valence-corrected chi connectivity index (χ1v) is 9.17. The predicted molar refractivity (Wildman–Crippen MR) is 110 cm³/mol. The van der Waals surface area contributed by atoms with Crippen LogP contribution in [0, 0.1) is 11.6 Å². The summed E-state index contributed by atoms with van der Waals surface area (Å²) in [6, 6.07) is 12.1. The van der Waals surface area contributed by atoms with Gasteiger partial charge in [0.05, 0.1) is 5.39 Å². The molecule has 0 radical (unpaired) electrons. The Hall–Kier alpha value is -4.27. The van der Waals surface area contributed by atoms with Gasteiger partial charge in [-0.3, -0.25) is 9.59 Å². The van der Waals surface area contributed by atoms with E-state index in [2.05, 4.69) is 15.3 Å². The number of H-pyrrole nitrogens is 1. The van der Waals surface area contributed by atoms with Crippen LogP contribution in [0.2, 0.25) is 0 Å². The first-order valence-electron chi connectivity index (χ1n) is 9.17. The molecule has 0 spiro atoms. The van der Waals surface area contributed by atoms with Gasteiger partial charge in [0.1, 0.15) is 34.7 Å². The number of rotatable bonds is 6. The topological polar surface area (TPSA) is 110 Å². The standard InChI is InChI=1S/C22H16F2N4O3/c23-12-1-3-13(4-2-12)28-22(30)19(20(25)29)15-6-5-14(11-17(15)24)31-18-8-10-27-21-16(18)7-9-26-21/h1-11,19H,(H2,25,29)(H,26,27)(H,28,30). The molecule has 0 fully saturated rings. The summed E-state index contributed by atoms with van der Waals surface area (Å²) in [6.07, 6.45) is 3.24. The van der Waals surface area contributed by atoms with Crippen molar-refractivity contribution in [1.82, 2.24) is 9.97 Å². The lowest BCUT2D eigenvalue weighted by molar-refractivity contribution is -0.127. The number of fused-ring (bicyclic) bond motifs is 1. The summed E-state index contributed by atoms with van der Waals surface area (Å²) in [5.74, 6) is -4.16. The third-order valence-electron chi connectivity index (χ3n) is 4.59. The average molecular weight is 422 g/mol. The van der Waals surface area contributed by atoms with Gasteiger partial charge in [0.25, 0.3) is 0 Å². The minimum atomic E-state index is -1.59. The molecule has 0 saturated heterocycles. The van der Waals surface area contributed by atoms with Gasteiger partial charge in [-0.15, -0.1) is 0 Å². The number of pyridine rings is 1. The van der Waals surface area contributed by atoms with Gasteiger partial charge >= 0.3 is 0 Å². The number of primary amides is 1. The van der Waals surface area contributed by atoms with E-state index < -0.39 is 29.4 Å². The zero-order valence-corrected chi connectivity index (χ0v) is 15.9. The van der Waals surface area contributed by atoms with E-state index in [0.29, 0.717) is 16.8 Å². The molecule has 31 heavy (non-hydrogen) atoms. The lowest BCUT2D eigenvalue weighted by atomic mass is 9.96. The van der Waals surface area contributed by atoms with Crippen LogP contribution in [-0.4, -0.2) is 21.8 Å². The number of carbonyl (C=O) groups is 2. The highest BCUT2D eigenvalue weighted by atomic mass is 19.1. The molecule has 0 saturated carbocycles. The highest BCUT2D eigenvalue weighted by molar-refractivity contribution is 6.10. The highest BCUT2D eigenvalue weighted by Gasteiger charge is 2.29. The number of ether oxygens (including phenoxy) is 1. The number of hydrogen-bond donors (Lipinski definition) is 3. The van der Waals surface area contributed by atoms with Crippen LogP contribution in [0.3, 0.4) is 0 Å². The Labute approximate surface area is 174 Å². The first-order chi connectivity index (χ1) is 14.9. The minimum absolute atomic E-state index is 0.164. The number of aromatic nitrogens is 2. The van der Waals surface area contributed by atoms with Crippen molar-refractivity contribution in [2.45, 2.75) is 5.92 Å². The second-order valence-electron chi connectivity index (χ2n) is 6.67. The smallest absolute Gasteiger partial charge is 0.241 e. The van der Waals surface area contributed by atoms with Crippen molar-refractivity contribution in [3.05, 3.63) is 84.2 Å². The minimum Gasteiger partial charge on any atom is -0.456 e. The molecule has 2 aromatic carbocycles. The van der Waals surface area contributed by atoms with E-state index in [0.717, 1.165) is 18.2 Å². The number of nitrogens with zero attached hydrogens (tertiary/aromatic N) is 1. The summed E-state index contributed by atoms with van der Waals surface area (Å²) in [5, 5.41) is 3.14. The van der Waals surface area contributed by atoms with Crippen molar-refractivity contribution >= 4 is 28.5 Å². The van der Waals surface area contributed by atoms with Crippen LogP contribution < -0.4 is 15.8 Å². The molecule has 156 valence electrons. The number of amides is 2.